The zero-order valence-electron chi connectivity index (χ0n) is 12.6. The fourth-order valence-electron chi connectivity index (χ4n) is 4.40. The van der Waals surface area contributed by atoms with E-state index in [1.54, 1.807) is 0 Å². The fourth-order valence-corrected chi connectivity index (χ4v) is 4.99. The van der Waals surface area contributed by atoms with Crippen LogP contribution in [0.3, 0.4) is 0 Å². The lowest BCUT2D eigenvalue weighted by Crippen LogP contribution is -2.17. The Morgan fingerprint density at radius 1 is 1.21 bits per heavy atom. The van der Waals surface area contributed by atoms with Crippen molar-refractivity contribution in [3.63, 3.8) is 0 Å². The minimum absolute atomic E-state index is 0.117. The van der Waals surface area contributed by atoms with Gasteiger partial charge in [0, 0.05) is 36.7 Å². The van der Waals surface area contributed by atoms with Crippen LogP contribution < -0.4 is 4.74 Å². The van der Waals surface area contributed by atoms with E-state index in [4.69, 9.17) is 4.74 Å². The van der Waals surface area contributed by atoms with Gasteiger partial charge in [0.05, 0.1) is 11.7 Å². The van der Waals surface area contributed by atoms with Crippen LogP contribution in [-0.4, -0.2) is 39.9 Å². The summed E-state index contributed by atoms with van der Waals surface area (Å²) in [4.78, 5) is 2.47. The lowest BCUT2D eigenvalue weighted by molar-refractivity contribution is 0.348. The first kappa shape index (κ1) is 14.3. The highest BCUT2D eigenvalue weighted by Crippen LogP contribution is 2.70. The number of rotatable bonds is 3. The summed E-state index contributed by atoms with van der Waals surface area (Å²) in [6, 6.07) is 3.21. The molecule has 7 heteroatoms. The molecule has 0 spiro atoms. The summed E-state index contributed by atoms with van der Waals surface area (Å²) in [6.45, 7) is 3.49. The minimum atomic E-state index is -0.639. The van der Waals surface area contributed by atoms with Gasteiger partial charge < -0.3 is 9.64 Å². The topological polar surface area (TPSA) is 38.3 Å². The maximum Gasteiger partial charge on any atom is 0.250 e. The third-order valence-corrected chi connectivity index (χ3v) is 5.88. The lowest BCUT2D eigenvalue weighted by Gasteiger charge is -2.09. The smallest absolute Gasteiger partial charge is 0.250 e. The van der Waals surface area contributed by atoms with Gasteiger partial charge in [-0.05, 0) is 24.0 Å². The lowest BCUT2D eigenvalue weighted by atomic mass is 10.0. The van der Waals surface area contributed by atoms with E-state index in [1.807, 2.05) is 0 Å². The highest BCUT2D eigenvalue weighted by Gasteiger charge is 2.76. The number of piperidine rings is 3. The molecule has 1 aromatic carbocycles. The van der Waals surface area contributed by atoms with Crippen LogP contribution in [0.5, 0.6) is 5.88 Å². The van der Waals surface area contributed by atoms with Crippen molar-refractivity contribution in [1.29, 1.82) is 0 Å². The Morgan fingerprint density at radius 3 is 2.62 bits per heavy atom. The van der Waals surface area contributed by atoms with Crippen LogP contribution in [0.2, 0.25) is 0 Å². The molecular formula is C17H13F2N3OS. The first-order valence-electron chi connectivity index (χ1n) is 7.80. The predicted octanol–water partition coefficient (Wildman–Crippen LogP) is 2.06. The highest BCUT2D eigenvalue weighted by atomic mass is 32.1. The molecule has 2 atom stereocenters. The standard InChI is InChI=1S/C17H13F2N3OS/c18-11-4-10(5-12(19)6-11)2-1-3-23-16-15(20-24-21-16)17-9-22-7-13(17)14(17)8-22/h4-6,13-14H,3,7-9H2. The summed E-state index contributed by atoms with van der Waals surface area (Å²) in [6.07, 6.45) is 0. The van der Waals surface area contributed by atoms with Crippen molar-refractivity contribution in [3.8, 4) is 17.7 Å². The molecule has 0 N–H and O–H groups in total. The molecule has 4 bridgehead atoms. The second kappa shape index (κ2) is 4.98. The SMILES string of the molecule is Fc1cc(F)cc(C#CCOc2nsnc2C23CN4CC2C3C4)c1. The number of ether oxygens (including phenoxy) is 1. The van der Waals surface area contributed by atoms with Crippen LogP contribution in [0.25, 0.3) is 0 Å². The second-order valence-corrected chi connectivity index (χ2v) is 7.14. The summed E-state index contributed by atoms with van der Waals surface area (Å²) < 4.78 is 40.7. The molecule has 2 aromatic rings. The number of benzene rings is 1. The van der Waals surface area contributed by atoms with Crippen LogP contribution in [0.1, 0.15) is 11.3 Å². The van der Waals surface area contributed by atoms with Crippen molar-refractivity contribution in [3.05, 3.63) is 41.1 Å². The van der Waals surface area contributed by atoms with Crippen LogP contribution in [-0.2, 0) is 5.41 Å². The Balaban J connectivity index is 1.29. The van der Waals surface area contributed by atoms with Gasteiger partial charge in [-0.25, -0.2) is 8.78 Å². The van der Waals surface area contributed by atoms with Crippen LogP contribution in [0, 0.1) is 35.3 Å². The molecule has 1 aromatic heterocycles. The molecular weight excluding hydrogens is 332 g/mol. The van der Waals surface area contributed by atoms with Gasteiger partial charge in [0.2, 0.25) is 0 Å². The summed E-state index contributed by atoms with van der Waals surface area (Å²) in [5.41, 5.74) is 1.42. The van der Waals surface area contributed by atoms with E-state index in [9.17, 15) is 8.78 Å². The van der Waals surface area contributed by atoms with Gasteiger partial charge in [0.1, 0.15) is 17.3 Å². The zero-order valence-corrected chi connectivity index (χ0v) is 13.4. The number of hydrogen-bond acceptors (Lipinski definition) is 5. The molecule has 122 valence electrons. The van der Waals surface area contributed by atoms with Crippen molar-refractivity contribution >= 4 is 11.7 Å². The van der Waals surface area contributed by atoms with Crippen LogP contribution in [0.15, 0.2) is 18.2 Å². The molecule has 1 aliphatic carbocycles. The first-order chi connectivity index (χ1) is 11.7. The molecule has 2 unspecified atom stereocenters. The number of halogens is 2. The fraction of sp³-hybridized carbons (Fsp3) is 0.412. The largest absolute Gasteiger partial charge is 0.463 e. The van der Waals surface area contributed by atoms with Crippen molar-refractivity contribution in [2.75, 3.05) is 26.2 Å². The van der Waals surface area contributed by atoms with E-state index in [-0.39, 0.29) is 17.6 Å². The van der Waals surface area contributed by atoms with E-state index < -0.39 is 11.6 Å². The molecule has 0 radical (unpaired) electrons. The maximum absolute atomic E-state index is 13.1. The molecule has 4 aliphatic rings. The van der Waals surface area contributed by atoms with Gasteiger partial charge in [0.15, 0.2) is 6.61 Å². The van der Waals surface area contributed by atoms with Gasteiger partial charge in [-0.15, -0.1) is 4.37 Å². The first-order valence-corrected chi connectivity index (χ1v) is 8.53. The molecule has 4 nitrogen and oxygen atoms in total. The molecule has 3 saturated heterocycles. The Bertz CT molecular complexity index is 855. The molecule has 0 amide bonds. The Labute approximate surface area is 141 Å². The average Bonchev–Trinajstić information content (AvgIpc) is 3.12. The van der Waals surface area contributed by atoms with Gasteiger partial charge in [-0.1, -0.05) is 11.8 Å². The number of aromatic nitrogens is 2. The van der Waals surface area contributed by atoms with Gasteiger partial charge in [-0.3, -0.25) is 0 Å². The normalized spacial score (nSPS) is 31.7. The van der Waals surface area contributed by atoms with Crippen molar-refractivity contribution in [2.24, 2.45) is 11.8 Å². The highest BCUT2D eigenvalue weighted by molar-refractivity contribution is 6.99. The summed E-state index contributed by atoms with van der Waals surface area (Å²) >= 11 is 1.17. The molecule has 3 aliphatic heterocycles. The minimum Gasteiger partial charge on any atom is -0.463 e. The van der Waals surface area contributed by atoms with Crippen LogP contribution >= 0.6 is 11.7 Å². The summed E-state index contributed by atoms with van der Waals surface area (Å²) in [7, 11) is 0. The van der Waals surface area contributed by atoms with Crippen molar-refractivity contribution in [1.82, 2.24) is 13.6 Å². The van der Waals surface area contributed by atoms with E-state index >= 15 is 0 Å². The average molecular weight is 345 g/mol. The maximum atomic E-state index is 13.1. The monoisotopic (exact) mass is 345 g/mol. The number of nitrogens with zero attached hydrogens (tertiary/aromatic N) is 3. The van der Waals surface area contributed by atoms with E-state index in [1.165, 1.54) is 23.9 Å². The quantitative estimate of drug-likeness (QED) is 0.798. The summed E-state index contributed by atoms with van der Waals surface area (Å²) in [5, 5.41) is 0. The van der Waals surface area contributed by atoms with Crippen molar-refractivity contribution in [2.45, 2.75) is 5.41 Å². The van der Waals surface area contributed by atoms with E-state index in [2.05, 4.69) is 25.5 Å². The Kier molecular flexibility index (Phi) is 2.97. The van der Waals surface area contributed by atoms with Crippen molar-refractivity contribution < 1.29 is 13.5 Å². The van der Waals surface area contributed by atoms with Crippen LogP contribution in [0.4, 0.5) is 8.78 Å². The third kappa shape index (κ3) is 2.00. The Hall–Kier alpha value is -2.04. The molecule has 6 rings (SSSR count). The molecule has 4 heterocycles. The summed E-state index contributed by atoms with van der Waals surface area (Å²) in [5.74, 6) is 6.17. The van der Waals surface area contributed by atoms with E-state index in [0.717, 1.165) is 31.4 Å². The van der Waals surface area contributed by atoms with Gasteiger partial charge in [-0.2, -0.15) is 4.37 Å². The van der Waals surface area contributed by atoms with Gasteiger partial charge >= 0.3 is 0 Å². The van der Waals surface area contributed by atoms with Gasteiger partial charge in [0.25, 0.3) is 5.88 Å². The Morgan fingerprint density at radius 2 is 1.96 bits per heavy atom. The zero-order chi connectivity index (χ0) is 16.3. The van der Waals surface area contributed by atoms with E-state index in [0.29, 0.717) is 17.7 Å². The predicted molar refractivity (Wildman–Crippen MR) is 83.7 cm³/mol. The molecule has 1 saturated carbocycles. The molecule has 24 heavy (non-hydrogen) atoms. The second-order valence-electron chi connectivity index (χ2n) is 6.61. The molecule has 4 fully saturated rings. The third-order valence-electron chi connectivity index (χ3n) is 5.37. The number of hydrogen-bond donors (Lipinski definition) is 0.